The summed E-state index contributed by atoms with van der Waals surface area (Å²) in [5.74, 6) is 0.894. The second-order valence-electron chi connectivity index (χ2n) is 6.05. The van der Waals surface area contributed by atoms with Crippen LogP contribution in [0, 0.1) is 5.92 Å². The maximum atomic E-state index is 12.4. The molecule has 0 bridgehead atoms. The SMILES string of the molecule is O=C(OC(=CC1CCCCC1)c1ccccc1)c1ccccc1. The van der Waals surface area contributed by atoms with Crippen molar-refractivity contribution in [1.29, 1.82) is 0 Å². The molecule has 0 amide bonds. The van der Waals surface area contributed by atoms with Crippen LogP contribution < -0.4 is 0 Å². The molecule has 2 heteroatoms. The predicted molar refractivity (Wildman–Crippen MR) is 92.9 cm³/mol. The predicted octanol–water partition coefficient (Wildman–Crippen LogP) is 5.46. The maximum Gasteiger partial charge on any atom is 0.343 e. The van der Waals surface area contributed by atoms with Crippen molar-refractivity contribution in [2.45, 2.75) is 32.1 Å². The van der Waals surface area contributed by atoms with Gasteiger partial charge in [0, 0.05) is 5.56 Å². The van der Waals surface area contributed by atoms with Gasteiger partial charge in [0.25, 0.3) is 0 Å². The van der Waals surface area contributed by atoms with E-state index in [-0.39, 0.29) is 5.97 Å². The van der Waals surface area contributed by atoms with E-state index < -0.39 is 0 Å². The number of ether oxygens (including phenoxy) is 1. The summed E-state index contributed by atoms with van der Waals surface area (Å²) in [6, 6.07) is 19.1. The first-order valence-corrected chi connectivity index (χ1v) is 8.37. The van der Waals surface area contributed by atoms with E-state index in [0.717, 1.165) is 5.56 Å². The van der Waals surface area contributed by atoms with Gasteiger partial charge < -0.3 is 4.74 Å². The molecule has 0 heterocycles. The zero-order valence-electron chi connectivity index (χ0n) is 13.3. The van der Waals surface area contributed by atoms with E-state index in [2.05, 4.69) is 6.08 Å². The Bertz CT molecular complexity index is 653. The standard InChI is InChI=1S/C21H22O2/c22-21(19-14-8-3-9-15-19)23-20(18-12-6-2-7-13-18)16-17-10-4-1-5-11-17/h2-3,6-9,12-17H,1,4-5,10-11H2. The monoisotopic (exact) mass is 306 g/mol. The third kappa shape index (κ3) is 4.32. The number of carbonyl (C=O) groups is 1. The molecule has 3 rings (SSSR count). The minimum Gasteiger partial charge on any atom is -0.423 e. The molecular formula is C21H22O2. The van der Waals surface area contributed by atoms with Crippen LogP contribution >= 0.6 is 0 Å². The molecule has 0 unspecified atom stereocenters. The Morgan fingerprint density at radius 3 is 2.00 bits per heavy atom. The van der Waals surface area contributed by atoms with Crippen molar-refractivity contribution in [3.05, 3.63) is 77.9 Å². The van der Waals surface area contributed by atoms with Crippen LogP contribution in [0.2, 0.25) is 0 Å². The number of allylic oxidation sites excluding steroid dienone is 1. The molecule has 2 nitrogen and oxygen atoms in total. The molecule has 0 saturated heterocycles. The van der Waals surface area contributed by atoms with Crippen molar-refractivity contribution >= 4 is 11.7 Å². The number of benzene rings is 2. The molecule has 2 aromatic carbocycles. The topological polar surface area (TPSA) is 26.3 Å². The van der Waals surface area contributed by atoms with Gasteiger partial charge in [0.2, 0.25) is 0 Å². The van der Waals surface area contributed by atoms with E-state index in [1.807, 2.05) is 48.5 Å². The van der Waals surface area contributed by atoms with E-state index in [4.69, 9.17) is 4.74 Å². The molecule has 0 aliphatic heterocycles. The second kappa shape index (κ2) is 7.77. The summed E-state index contributed by atoms with van der Waals surface area (Å²) in [7, 11) is 0. The van der Waals surface area contributed by atoms with Gasteiger partial charge in [-0.05, 0) is 37.0 Å². The summed E-state index contributed by atoms with van der Waals surface area (Å²) in [5, 5.41) is 0. The average molecular weight is 306 g/mol. The van der Waals surface area contributed by atoms with E-state index in [1.165, 1.54) is 32.1 Å². The van der Waals surface area contributed by atoms with E-state index in [9.17, 15) is 4.79 Å². The number of carbonyl (C=O) groups excluding carboxylic acids is 1. The average Bonchev–Trinajstić information content (AvgIpc) is 2.63. The van der Waals surface area contributed by atoms with Gasteiger partial charge in [-0.1, -0.05) is 67.8 Å². The van der Waals surface area contributed by atoms with Crippen molar-refractivity contribution in [3.63, 3.8) is 0 Å². The highest BCUT2D eigenvalue weighted by Crippen LogP contribution is 2.29. The largest absolute Gasteiger partial charge is 0.423 e. The summed E-state index contributed by atoms with van der Waals surface area (Å²) >= 11 is 0. The first-order chi connectivity index (χ1) is 11.3. The van der Waals surface area contributed by atoms with Gasteiger partial charge in [-0.15, -0.1) is 0 Å². The van der Waals surface area contributed by atoms with Crippen LogP contribution in [-0.4, -0.2) is 5.97 Å². The Morgan fingerprint density at radius 1 is 0.826 bits per heavy atom. The fourth-order valence-corrected chi connectivity index (χ4v) is 3.04. The van der Waals surface area contributed by atoms with Crippen LogP contribution in [0.4, 0.5) is 0 Å². The third-order valence-electron chi connectivity index (χ3n) is 4.31. The van der Waals surface area contributed by atoms with Crippen molar-refractivity contribution < 1.29 is 9.53 Å². The van der Waals surface area contributed by atoms with Crippen molar-refractivity contribution in [2.24, 2.45) is 5.92 Å². The first-order valence-electron chi connectivity index (χ1n) is 8.37. The van der Waals surface area contributed by atoms with Crippen molar-refractivity contribution in [1.82, 2.24) is 0 Å². The third-order valence-corrected chi connectivity index (χ3v) is 4.31. The summed E-state index contributed by atoms with van der Waals surface area (Å²) in [6.07, 6.45) is 8.34. The van der Waals surface area contributed by atoms with E-state index in [0.29, 0.717) is 17.2 Å². The van der Waals surface area contributed by atoms with Crippen LogP contribution in [0.5, 0.6) is 0 Å². The highest BCUT2D eigenvalue weighted by atomic mass is 16.5. The minimum absolute atomic E-state index is 0.295. The van der Waals surface area contributed by atoms with Crippen molar-refractivity contribution in [3.8, 4) is 0 Å². The van der Waals surface area contributed by atoms with Crippen LogP contribution in [0.3, 0.4) is 0 Å². The van der Waals surface area contributed by atoms with Crippen molar-refractivity contribution in [2.75, 3.05) is 0 Å². The molecule has 23 heavy (non-hydrogen) atoms. The Balaban J connectivity index is 1.83. The second-order valence-corrected chi connectivity index (χ2v) is 6.05. The Kier molecular flexibility index (Phi) is 5.25. The summed E-state index contributed by atoms with van der Waals surface area (Å²) in [5.41, 5.74) is 1.54. The van der Waals surface area contributed by atoms with Crippen LogP contribution in [-0.2, 0) is 4.74 Å². The lowest BCUT2D eigenvalue weighted by atomic mass is 9.88. The normalized spacial score (nSPS) is 16.1. The molecule has 2 aromatic rings. The zero-order valence-corrected chi connectivity index (χ0v) is 13.3. The maximum absolute atomic E-state index is 12.4. The Morgan fingerprint density at radius 2 is 1.39 bits per heavy atom. The fourth-order valence-electron chi connectivity index (χ4n) is 3.04. The quantitative estimate of drug-likeness (QED) is 0.553. The highest BCUT2D eigenvalue weighted by Gasteiger charge is 2.16. The molecule has 118 valence electrons. The first kappa shape index (κ1) is 15.5. The van der Waals surface area contributed by atoms with Crippen LogP contribution in [0.1, 0.15) is 48.0 Å². The Labute approximate surface area is 137 Å². The molecule has 1 saturated carbocycles. The molecule has 1 aliphatic rings. The molecule has 0 N–H and O–H groups in total. The molecule has 0 atom stereocenters. The fraction of sp³-hybridized carbons (Fsp3) is 0.286. The molecule has 1 aliphatic carbocycles. The molecule has 0 radical (unpaired) electrons. The van der Waals surface area contributed by atoms with E-state index >= 15 is 0 Å². The Hall–Kier alpha value is -2.35. The number of hydrogen-bond donors (Lipinski definition) is 0. The lowest BCUT2D eigenvalue weighted by molar-refractivity contribution is 0.0690. The van der Waals surface area contributed by atoms with Gasteiger partial charge in [-0.25, -0.2) is 4.79 Å². The van der Waals surface area contributed by atoms with Gasteiger partial charge in [-0.2, -0.15) is 0 Å². The lowest BCUT2D eigenvalue weighted by Gasteiger charge is -2.20. The van der Waals surface area contributed by atoms with E-state index in [1.54, 1.807) is 12.1 Å². The molecule has 0 spiro atoms. The number of esters is 1. The molecule has 0 aromatic heterocycles. The number of hydrogen-bond acceptors (Lipinski definition) is 2. The smallest absolute Gasteiger partial charge is 0.343 e. The van der Waals surface area contributed by atoms with Gasteiger partial charge in [0.15, 0.2) is 0 Å². The van der Waals surface area contributed by atoms with Gasteiger partial charge >= 0.3 is 5.97 Å². The summed E-state index contributed by atoms with van der Waals surface area (Å²) in [6.45, 7) is 0. The van der Waals surface area contributed by atoms with Gasteiger partial charge in [0.05, 0.1) is 5.56 Å². The highest BCUT2D eigenvalue weighted by molar-refractivity contribution is 5.93. The van der Waals surface area contributed by atoms with Crippen LogP contribution in [0.25, 0.3) is 5.76 Å². The number of rotatable bonds is 4. The van der Waals surface area contributed by atoms with Gasteiger partial charge in [-0.3, -0.25) is 0 Å². The molecule has 1 fully saturated rings. The zero-order chi connectivity index (χ0) is 15.9. The van der Waals surface area contributed by atoms with Gasteiger partial charge in [0.1, 0.15) is 5.76 Å². The lowest BCUT2D eigenvalue weighted by Crippen LogP contribution is -2.08. The van der Waals surface area contributed by atoms with Crippen LogP contribution in [0.15, 0.2) is 66.7 Å². The minimum atomic E-state index is -0.295. The summed E-state index contributed by atoms with van der Waals surface area (Å²) in [4.78, 5) is 12.4. The summed E-state index contributed by atoms with van der Waals surface area (Å²) < 4.78 is 5.75. The molecular weight excluding hydrogens is 284 g/mol.